The first kappa shape index (κ1) is 73.5. The molecule has 0 aromatic carbocycles. The number of nitrogens with zero attached hydrogens (tertiary/aromatic N) is 6. The van der Waals surface area contributed by atoms with Gasteiger partial charge < -0.3 is 51.4 Å². The molecule has 4 aromatic rings. The molecule has 0 aliphatic rings. The van der Waals surface area contributed by atoms with Gasteiger partial charge in [0.25, 0.3) is 0 Å². The molecule has 4 aromatic heterocycles. The third-order valence-electron chi connectivity index (χ3n) is 11.6. The van der Waals surface area contributed by atoms with Crippen LogP contribution in [0.15, 0.2) is 46.8 Å². The highest BCUT2D eigenvalue weighted by molar-refractivity contribution is 14.0. The summed E-state index contributed by atoms with van der Waals surface area (Å²) in [7, 11) is 3.33. The number of ether oxygens (including phenoxy) is 2. The standard InChI is InChI=1S/C25H39N5O4S2.C13H23N3O2S.C11H17N3O3S.2CH4.HI/c1-6-18(8-9-19(7-2)28-25(33)34-14-21-12-27-16-36-21)10-22(31)23(17(3)4)29-24(32)30(5)13-20-11-26-15-35-20;1-3-10(14)5-6-11(4-2)16-13(17)18-8-12-7-15-9-19-12;1-7(2)9(10(15)16)13-11(17)14(3)5-8-4-12-6-18-8;;;/h11-12,15-19,23H,6-10,13-14H2,1-5H3,(H,28,33)(H,29,32);7,9-11H,3-6,8,14H2,1-2H3,(H,16,17);4,6-7,9H,5H2,1-3H3,(H,13,17)(H,15,16);2*1H4;1H/t18-,19-,23-;10-,11-;9-;;;/m000.../s1. The Morgan fingerprint density at radius 1 is 0.579 bits per heavy atom. The van der Waals surface area contributed by atoms with Crippen molar-refractivity contribution in [1.29, 1.82) is 0 Å². The number of aromatic nitrogens is 4. The molecule has 0 aliphatic heterocycles. The van der Waals surface area contributed by atoms with Crippen LogP contribution in [0.1, 0.15) is 148 Å². The summed E-state index contributed by atoms with van der Waals surface area (Å²) in [5.41, 5.74) is 12.7. The minimum absolute atomic E-state index is 0. The van der Waals surface area contributed by atoms with E-state index in [1.54, 1.807) is 79.7 Å². The zero-order valence-electron chi connectivity index (χ0n) is 44.4. The van der Waals surface area contributed by atoms with E-state index in [4.69, 9.17) is 20.3 Å². The number of nitrogens with one attached hydrogen (secondary N) is 4. The quantitative estimate of drug-likeness (QED) is 0.0289. The summed E-state index contributed by atoms with van der Waals surface area (Å²) in [6.07, 6.45) is 13.2. The first-order chi connectivity index (χ1) is 34.8. The first-order valence-corrected chi connectivity index (χ1v) is 28.2. The summed E-state index contributed by atoms with van der Waals surface area (Å²) in [6.45, 7) is 17.0. The van der Waals surface area contributed by atoms with Crippen LogP contribution in [-0.4, -0.2) is 115 Å². The largest absolute Gasteiger partial charge is 0.480 e. The van der Waals surface area contributed by atoms with Crippen molar-refractivity contribution in [1.82, 2.24) is 51.0 Å². The number of hydrogen-bond donors (Lipinski definition) is 6. The van der Waals surface area contributed by atoms with E-state index in [2.05, 4.69) is 55.1 Å². The summed E-state index contributed by atoms with van der Waals surface area (Å²) in [6, 6.07) is -1.77. The molecule has 25 heteroatoms. The molecule has 20 nitrogen and oxygen atoms in total. The number of carbonyl (C=O) groups is 6. The van der Waals surface area contributed by atoms with Crippen LogP contribution in [0, 0.1) is 17.8 Å². The molecule has 7 N–H and O–H groups in total. The normalized spacial score (nSPS) is 12.8. The van der Waals surface area contributed by atoms with E-state index >= 15 is 0 Å². The summed E-state index contributed by atoms with van der Waals surface area (Å²) < 4.78 is 10.4. The van der Waals surface area contributed by atoms with Gasteiger partial charge in [0, 0.05) is 73.2 Å². The lowest BCUT2D eigenvalue weighted by atomic mass is 9.87. The molecular formula is C51H88IN11O9S4. The van der Waals surface area contributed by atoms with Crippen molar-refractivity contribution in [2.24, 2.45) is 23.5 Å². The second-order valence-corrected chi connectivity index (χ2v) is 22.1. The molecule has 0 unspecified atom stereocenters. The van der Waals surface area contributed by atoms with Crippen LogP contribution < -0.4 is 27.0 Å². The molecule has 0 aliphatic carbocycles. The number of carboxylic acid groups (broad SMARTS) is 1. The number of rotatable bonds is 28. The number of carboxylic acids is 1. The van der Waals surface area contributed by atoms with Crippen LogP contribution in [0.3, 0.4) is 0 Å². The van der Waals surface area contributed by atoms with Gasteiger partial charge in [0.05, 0.1) is 50.9 Å². The second-order valence-electron chi connectivity index (χ2n) is 18.2. The maximum atomic E-state index is 13.2. The predicted octanol–water partition coefficient (Wildman–Crippen LogP) is 11.2. The highest BCUT2D eigenvalue weighted by Crippen LogP contribution is 2.21. The van der Waals surface area contributed by atoms with Gasteiger partial charge in [0.2, 0.25) is 0 Å². The van der Waals surface area contributed by atoms with Crippen LogP contribution in [0.4, 0.5) is 19.2 Å². The van der Waals surface area contributed by atoms with Crippen LogP contribution in [0.2, 0.25) is 0 Å². The molecule has 76 heavy (non-hydrogen) atoms. The molecule has 0 fully saturated rings. The molecular weight excluding hydrogens is 1170 g/mol. The van der Waals surface area contributed by atoms with E-state index in [0.29, 0.717) is 19.5 Å². The maximum absolute atomic E-state index is 13.2. The van der Waals surface area contributed by atoms with E-state index < -0.39 is 30.2 Å². The minimum atomic E-state index is -1.02. The van der Waals surface area contributed by atoms with E-state index in [0.717, 1.165) is 70.9 Å². The van der Waals surface area contributed by atoms with E-state index in [-0.39, 0.29) is 106 Å². The smallest absolute Gasteiger partial charge is 0.407 e. The van der Waals surface area contributed by atoms with Crippen molar-refractivity contribution in [3.05, 3.63) is 66.3 Å². The number of urea groups is 2. The fraction of sp³-hybridized carbons (Fsp3) is 0.647. The lowest BCUT2D eigenvalue weighted by molar-refractivity contribution is -0.140. The zero-order chi connectivity index (χ0) is 54.3. The van der Waals surface area contributed by atoms with Crippen molar-refractivity contribution < 1.29 is 43.3 Å². The monoisotopic (exact) mass is 1250 g/mol. The summed E-state index contributed by atoms with van der Waals surface area (Å²) in [5, 5.41) is 20.2. The molecule has 0 saturated carbocycles. The summed E-state index contributed by atoms with van der Waals surface area (Å²) in [5.74, 6) is -0.988. The highest BCUT2D eigenvalue weighted by atomic mass is 127. The van der Waals surface area contributed by atoms with Crippen LogP contribution in [-0.2, 0) is 45.4 Å². The summed E-state index contributed by atoms with van der Waals surface area (Å²) in [4.78, 5) is 95.1. The van der Waals surface area contributed by atoms with Crippen LogP contribution in [0.5, 0.6) is 0 Å². The topological polar surface area (TPSA) is 273 Å². The number of halogens is 1. The summed E-state index contributed by atoms with van der Waals surface area (Å²) >= 11 is 5.86. The van der Waals surface area contributed by atoms with Gasteiger partial charge in [-0.05, 0) is 62.7 Å². The fourth-order valence-corrected chi connectivity index (χ4v) is 9.17. The van der Waals surface area contributed by atoms with Gasteiger partial charge in [-0.2, -0.15) is 0 Å². The number of carbonyl (C=O) groups excluding carboxylic acids is 5. The molecule has 6 atom stereocenters. The number of hydrogen-bond acceptors (Lipinski definition) is 17. The Hall–Kier alpha value is -4.57. The third-order valence-corrected chi connectivity index (χ3v) is 14.7. The number of aliphatic carboxylic acids is 1. The maximum Gasteiger partial charge on any atom is 0.407 e. The Kier molecular flexibility index (Phi) is 40.2. The highest BCUT2D eigenvalue weighted by Gasteiger charge is 2.28. The Morgan fingerprint density at radius 3 is 1.29 bits per heavy atom. The fourth-order valence-electron chi connectivity index (χ4n) is 6.86. The molecule has 4 heterocycles. The van der Waals surface area contributed by atoms with Gasteiger partial charge in [-0.3, -0.25) is 24.7 Å². The average Bonchev–Trinajstić information content (AvgIpc) is 4.24. The number of alkyl carbamates (subject to hydrolysis) is 2. The van der Waals surface area contributed by atoms with Crippen LogP contribution >= 0.6 is 69.3 Å². The first-order valence-electron chi connectivity index (χ1n) is 24.7. The second kappa shape index (κ2) is 41.5. The van der Waals surface area contributed by atoms with Gasteiger partial charge in [-0.25, -0.2) is 24.0 Å². The van der Waals surface area contributed by atoms with Gasteiger partial charge in [0.1, 0.15) is 19.3 Å². The van der Waals surface area contributed by atoms with Gasteiger partial charge in [0.15, 0.2) is 5.78 Å². The molecule has 0 bridgehead atoms. The number of ketones is 1. The van der Waals surface area contributed by atoms with Crippen molar-refractivity contribution in [2.45, 2.75) is 185 Å². The Bertz CT molecular complexity index is 2140. The Morgan fingerprint density at radius 2 is 0.961 bits per heavy atom. The SMILES string of the molecule is C.C.CC(C)[C@H](NC(=O)N(C)Cc1cncs1)C(=O)O.CC[C@@H](CC[C@H](CC)NC(=O)OCc1cncs1)CC(=O)[C@@H](NC(=O)N(C)Cc1cncs1)C(C)C.CC[C@H](N)CC[C@H](CC)NC(=O)OCc1cncs1.I. The lowest BCUT2D eigenvalue weighted by Gasteiger charge is -2.27. The molecule has 432 valence electrons. The number of amides is 6. The Balaban J connectivity index is 0. The number of nitrogens with two attached hydrogens (primary N) is 1. The van der Waals surface area contributed by atoms with Crippen molar-refractivity contribution in [3.8, 4) is 0 Å². The molecule has 4 rings (SSSR count). The molecule has 0 saturated heterocycles. The molecule has 0 radical (unpaired) electrons. The Labute approximate surface area is 484 Å². The van der Waals surface area contributed by atoms with Crippen molar-refractivity contribution in [3.63, 3.8) is 0 Å². The van der Waals surface area contributed by atoms with Crippen LogP contribution in [0.25, 0.3) is 0 Å². The van der Waals surface area contributed by atoms with Crippen molar-refractivity contribution >= 4 is 105 Å². The predicted molar refractivity (Wildman–Crippen MR) is 317 cm³/mol. The van der Waals surface area contributed by atoms with E-state index in [1.807, 2.05) is 27.7 Å². The van der Waals surface area contributed by atoms with E-state index in [9.17, 15) is 28.8 Å². The average molecular weight is 1250 g/mol. The third kappa shape index (κ3) is 30.4. The number of thiazole rings is 4. The van der Waals surface area contributed by atoms with Gasteiger partial charge >= 0.3 is 30.2 Å². The van der Waals surface area contributed by atoms with Gasteiger partial charge in [-0.1, -0.05) is 76.7 Å². The lowest BCUT2D eigenvalue weighted by Crippen LogP contribution is -2.49. The minimum Gasteiger partial charge on any atom is -0.480 e. The van der Waals surface area contributed by atoms with Crippen molar-refractivity contribution in [2.75, 3.05) is 14.1 Å². The zero-order valence-corrected chi connectivity index (χ0v) is 50.0. The molecule has 0 spiro atoms. The van der Waals surface area contributed by atoms with Gasteiger partial charge in [-0.15, -0.1) is 69.3 Å². The number of Topliss-reactive ketones (excluding diaryl/α,β-unsaturated/α-hetero) is 1. The van der Waals surface area contributed by atoms with E-state index in [1.165, 1.54) is 50.2 Å². The molecule has 6 amide bonds.